The molecule has 0 saturated carbocycles. The Morgan fingerprint density at radius 3 is 2.90 bits per heavy atom. The van der Waals surface area contributed by atoms with Gasteiger partial charge in [-0.25, -0.2) is 19.3 Å². The van der Waals surface area contributed by atoms with Gasteiger partial charge in [0.2, 0.25) is 0 Å². The number of carbonyl (C=O) groups excluding carboxylic acids is 1. The van der Waals surface area contributed by atoms with Crippen molar-refractivity contribution in [2.45, 2.75) is 26.8 Å². The Morgan fingerprint density at radius 1 is 1.21 bits per heavy atom. The Bertz CT molecular complexity index is 1580. The predicted molar refractivity (Wildman–Crippen MR) is 153 cm³/mol. The molecule has 0 radical (unpaired) electrons. The lowest BCUT2D eigenvalue weighted by atomic mass is 9.96. The van der Waals surface area contributed by atoms with Crippen LogP contribution in [-0.4, -0.2) is 34.0 Å². The molecule has 0 fully saturated rings. The Balaban J connectivity index is 1.29. The minimum atomic E-state index is -0.297. The number of nitrogens with two attached hydrogens (primary N) is 1. The number of hydrogen-bond acceptors (Lipinski definition) is 8. The van der Waals surface area contributed by atoms with E-state index in [1.54, 1.807) is 36.6 Å². The summed E-state index contributed by atoms with van der Waals surface area (Å²) in [5.74, 6) is 0.770. The van der Waals surface area contributed by atoms with Crippen molar-refractivity contribution in [1.29, 1.82) is 0 Å². The van der Waals surface area contributed by atoms with Crippen molar-refractivity contribution in [3.63, 3.8) is 0 Å². The number of halogens is 1. The van der Waals surface area contributed by atoms with Crippen LogP contribution in [0, 0.1) is 5.92 Å². The zero-order valence-corrected chi connectivity index (χ0v) is 22.5. The van der Waals surface area contributed by atoms with Crippen LogP contribution in [0.1, 0.15) is 35.5 Å². The van der Waals surface area contributed by atoms with Crippen LogP contribution in [0.2, 0.25) is 0 Å². The van der Waals surface area contributed by atoms with Gasteiger partial charge < -0.3 is 21.1 Å². The lowest BCUT2D eigenvalue weighted by molar-refractivity contribution is 0.0949. The van der Waals surface area contributed by atoms with Crippen LogP contribution in [0.15, 0.2) is 72.5 Å². The summed E-state index contributed by atoms with van der Waals surface area (Å²) < 4.78 is 19.5. The van der Waals surface area contributed by atoms with Crippen LogP contribution in [0.3, 0.4) is 0 Å². The van der Waals surface area contributed by atoms with Gasteiger partial charge in [0.25, 0.3) is 5.91 Å². The van der Waals surface area contributed by atoms with E-state index in [0.717, 1.165) is 26.2 Å². The van der Waals surface area contributed by atoms with Crippen LogP contribution in [0.5, 0.6) is 5.75 Å². The molecule has 0 saturated heterocycles. The Labute approximate surface area is 229 Å². The van der Waals surface area contributed by atoms with Crippen molar-refractivity contribution in [2.24, 2.45) is 5.92 Å². The van der Waals surface area contributed by atoms with Gasteiger partial charge in [-0.2, -0.15) is 0 Å². The number of anilines is 2. The van der Waals surface area contributed by atoms with Crippen molar-refractivity contribution in [3.8, 4) is 16.2 Å². The molecule has 200 valence electrons. The predicted octanol–water partition coefficient (Wildman–Crippen LogP) is 5.90. The number of benzene rings is 1. The van der Waals surface area contributed by atoms with Crippen molar-refractivity contribution in [1.82, 2.24) is 20.3 Å². The van der Waals surface area contributed by atoms with E-state index in [-0.39, 0.29) is 17.7 Å². The third-order valence-corrected chi connectivity index (χ3v) is 7.61. The van der Waals surface area contributed by atoms with Gasteiger partial charge in [-0.15, -0.1) is 11.3 Å². The summed E-state index contributed by atoms with van der Waals surface area (Å²) in [6.07, 6.45) is 7.15. The summed E-state index contributed by atoms with van der Waals surface area (Å²) in [6, 6.07) is 11.7. The first kappa shape index (κ1) is 26.3. The number of fused-ring (bicyclic) bond motifs is 1. The molecule has 0 aliphatic heterocycles. The summed E-state index contributed by atoms with van der Waals surface area (Å²) >= 11 is 1.63. The highest BCUT2D eigenvalue weighted by molar-refractivity contribution is 7.15. The molecule has 4 aromatic rings. The highest BCUT2D eigenvalue weighted by Crippen LogP contribution is 2.32. The normalized spacial score (nSPS) is 15.0. The molecule has 1 aliphatic carbocycles. The molecule has 1 amide bonds. The zero-order valence-electron chi connectivity index (χ0n) is 21.7. The molecule has 8 nitrogen and oxygen atoms in total. The van der Waals surface area contributed by atoms with E-state index in [2.05, 4.69) is 31.7 Å². The first-order valence-corrected chi connectivity index (χ1v) is 13.5. The maximum absolute atomic E-state index is 14.0. The third kappa shape index (κ3) is 6.06. The fraction of sp³-hybridized carbons (Fsp3) is 0.241. The lowest BCUT2D eigenvalue weighted by Crippen LogP contribution is -2.30. The highest BCUT2D eigenvalue weighted by atomic mass is 32.1. The summed E-state index contributed by atoms with van der Waals surface area (Å²) in [7, 11) is 0. The number of hydrogen-bond donors (Lipinski definition) is 3. The van der Waals surface area contributed by atoms with E-state index in [4.69, 9.17) is 10.5 Å². The number of carbonyl (C=O) groups is 1. The van der Waals surface area contributed by atoms with Crippen molar-refractivity contribution < 1.29 is 13.9 Å². The number of pyridine rings is 1. The average Bonchev–Trinajstić information content (AvgIpc) is 3.42. The lowest BCUT2D eigenvalue weighted by Gasteiger charge is -2.18. The summed E-state index contributed by atoms with van der Waals surface area (Å²) in [5.41, 5.74) is 8.86. The number of allylic oxidation sites excluding steroid dienone is 3. The highest BCUT2D eigenvalue weighted by Gasteiger charge is 2.18. The molecule has 4 N–H and O–H groups in total. The largest absolute Gasteiger partial charge is 0.492 e. The summed E-state index contributed by atoms with van der Waals surface area (Å²) in [6.45, 7) is 4.87. The van der Waals surface area contributed by atoms with Gasteiger partial charge in [-0.05, 0) is 67.8 Å². The maximum atomic E-state index is 14.0. The minimum absolute atomic E-state index is 0.0985. The second kappa shape index (κ2) is 11.6. The van der Waals surface area contributed by atoms with Gasteiger partial charge in [-0.3, -0.25) is 4.79 Å². The molecule has 1 atom stereocenters. The molecule has 1 aromatic carbocycles. The van der Waals surface area contributed by atoms with Gasteiger partial charge in [0.05, 0.1) is 30.4 Å². The smallest absolute Gasteiger partial charge is 0.255 e. The quantitative estimate of drug-likeness (QED) is 0.240. The van der Waals surface area contributed by atoms with E-state index in [0.29, 0.717) is 54.6 Å². The van der Waals surface area contributed by atoms with Gasteiger partial charge in [0.15, 0.2) is 0 Å². The summed E-state index contributed by atoms with van der Waals surface area (Å²) in [5, 5.41) is 7.03. The van der Waals surface area contributed by atoms with Crippen LogP contribution in [0.25, 0.3) is 21.3 Å². The number of amides is 1. The Hall–Kier alpha value is -4.31. The molecule has 10 heteroatoms. The fourth-order valence-electron chi connectivity index (χ4n) is 4.33. The molecule has 5 rings (SSSR count). The van der Waals surface area contributed by atoms with Crippen molar-refractivity contribution in [3.05, 3.63) is 82.9 Å². The van der Waals surface area contributed by atoms with E-state index in [9.17, 15) is 9.18 Å². The third-order valence-electron chi connectivity index (χ3n) is 6.47. The first-order valence-electron chi connectivity index (χ1n) is 12.7. The second-order valence-electron chi connectivity index (χ2n) is 9.22. The van der Waals surface area contributed by atoms with Crippen LogP contribution in [0.4, 0.5) is 16.0 Å². The molecule has 1 unspecified atom stereocenters. The average molecular weight is 545 g/mol. The number of nitrogen functional groups attached to an aromatic ring is 1. The van der Waals surface area contributed by atoms with Crippen LogP contribution >= 0.6 is 11.3 Å². The van der Waals surface area contributed by atoms with Crippen molar-refractivity contribution in [2.75, 3.05) is 24.2 Å². The maximum Gasteiger partial charge on any atom is 0.255 e. The molecular formula is C29H29FN6O2S. The monoisotopic (exact) mass is 544 g/mol. The zero-order chi connectivity index (χ0) is 27.4. The van der Waals surface area contributed by atoms with Gasteiger partial charge in [-0.1, -0.05) is 12.1 Å². The molecular weight excluding hydrogens is 515 g/mol. The number of thiophene rings is 1. The Kier molecular flexibility index (Phi) is 7.83. The number of rotatable bonds is 9. The topological polar surface area (TPSA) is 115 Å². The van der Waals surface area contributed by atoms with E-state index < -0.39 is 0 Å². The SMILES string of the molecule is CCOc1cnc(NCc2ccc(-c3ccc4ncnc(N)c4c3)s2)c(C(=O)NCC2C=C(F)C(C)=CC2)c1. The first-order chi connectivity index (χ1) is 18.9. The standard InChI is InChI=1S/C29H29FN6O2S/c1-3-38-20-12-23(29(37)34-13-18-5-4-17(2)24(30)10-18)28(32-14-20)33-15-21-7-9-26(39-21)19-6-8-25-22(11-19)27(31)36-16-35-25/h4,6-12,14,16,18H,3,5,13,15H2,1-2H3,(H,32,33)(H,34,37)(H2,31,35,36). The Morgan fingerprint density at radius 2 is 2.08 bits per heavy atom. The van der Waals surface area contributed by atoms with E-state index in [1.807, 2.05) is 37.3 Å². The molecule has 39 heavy (non-hydrogen) atoms. The van der Waals surface area contributed by atoms with E-state index >= 15 is 0 Å². The van der Waals surface area contributed by atoms with Gasteiger partial charge in [0.1, 0.15) is 29.5 Å². The molecule has 3 aromatic heterocycles. The number of aromatic nitrogens is 3. The number of nitrogens with zero attached hydrogens (tertiary/aromatic N) is 3. The molecule has 3 heterocycles. The number of nitrogens with one attached hydrogen (secondary N) is 2. The second-order valence-corrected chi connectivity index (χ2v) is 10.4. The van der Waals surface area contributed by atoms with Gasteiger partial charge >= 0.3 is 0 Å². The number of ether oxygens (including phenoxy) is 1. The summed E-state index contributed by atoms with van der Waals surface area (Å²) in [4.78, 5) is 28.1. The fourth-order valence-corrected chi connectivity index (χ4v) is 5.27. The minimum Gasteiger partial charge on any atom is -0.492 e. The molecule has 0 bridgehead atoms. The van der Waals surface area contributed by atoms with Crippen molar-refractivity contribution >= 4 is 39.8 Å². The molecule has 1 aliphatic rings. The van der Waals surface area contributed by atoms with Crippen LogP contribution < -0.4 is 21.1 Å². The van der Waals surface area contributed by atoms with Crippen LogP contribution in [-0.2, 0) is 6.54 Å². The van der Waals surface area contributed by atoms with E-state index in [1.165, 1.54) is 6.33 Å². The molecule has 0 spiro atoms. The van der Waals surface area contributed by atoms with Gasteiger partial charge in [0, 0.05) is 27.6 Å².